The van der Waals surface area contributed by atoms with Gasteiger partial charge in [0.15, 0.2) is 5.82 Å². The Labute approximate surface area is 365 Å². The van der Waals surface area contributed by atoms with Crippen LogP contribution in [0.5, 0.6) is 0 Å². The van der Waals surface area contributed by atoms with E-state index in [9.17, 15) is 0 Å². The summed E-state index contributed by atoms with van der Waals surface area (Å²) in [6, 6.07) is 72.5. The van der Waals surface area contributed by atoms with Crippen LogP contribution in [0.1, 0.15) is 0 Å². The van der Waals surface area contributed by atoms with Crippen LogP contribution in [0.3, 0.4) is 0 Å². The van der Waals surface area contributed by atoms with Gasteiger partial charge < -0.3 is 13.4 Å². The van der Waals surface area contributed by atoms with Crippen molar-refractivity contribution in [1.29, 1.82) is 0 Å². The zero-order chi connectivity index (χ0) is 41.9. The highest BCUT2D eigenvalue weighted by atomic mass is 16.3. The van der Waals surface area contributed by atoms with Crippen LogP contribution in [0.4, 0.5) is 0 Å². The van der Waals surface area contributed by atoms with Gasteiger partial charge in [0.25, 0.3) is 0 Å². The van der Waals surface area contributed by atoms with Gasteiger partial charge in [-0.05, 0) is 71.8 Å². The van der Waals surface area contributed by atoms with Crippen molar-refractivity contribution < 1.29 is 8.83 Å². The summed E-state index contributed by atoms with van der Waals surface area (Å²) in [5, 5.41) is 9.00. The minimum atomic E-state index is 0.663. The molecule has 6 heteroatoms. The third-order valence-corrected chi connectivity index (χ3v) is 12.9. The van der Waals surface area contributed by atoms with Crippen LogP contribution in [-0.2, 0) is 0 Å². The number of benzene rings is 9. The van der Waals surface area contributed by atoms with Gasteiger partial charge in [0, 0.05) is 78.1 Å². The average molecular weight is 819 g/mol. The molecule has 64 heavy (non-hydrogen) atoms. The summed E-state index contributed by atoms with van der Waals surface area (Å²) in [6.45, 7) is 0. The van der Waals surface area contributed by atoms with E-state index < -0.39 is 0 Å². The van der Waals surface area contributed by atoms with Gasteiger partial charge in [0.2, 0.25) is 0 Å². The monoisotopic (exact) mass is 818 g/mol. The minimum absolute atomic E-state index is 0.663. The Kier molecular flexibility index (Phi) is 7.30. The summed E-state index contributed by atoms with van der Waals surface area (Å²) >= 11 is 0. The summed E-state index contributed by atoms with van der Waals surface area (Å²) in [5.41, 5.74) is 13.9. The highest BCUT2D eigenvalue weighted by Gasteiger charge is 2.21. The van der Waals surface area contributed by atoms with Crippen LogP contribution < -0.4 is 0 Å². The Hall–Kier alpha value is -8.74. The Morgan fingerprint density at radius 2 is 0.828 bits per heavy atom. The number of aromatic nitrogens is 4. The predicted molar refractivity (Wildman–Crippen MR) is 262 cm³/mol. The van der Waals surface area contributed by atoms with E-state index in [0.29, 0.717) is 5.82 Å². The first-order chi connectivity index (χ1) is 31.7. The summed E-state index contributed by atoms with van der Waals surface area (Å²) in [4.78, 5) is 10.4. The van der Waals surface area contributed by atoms with Crippen molar-refractivity contribution in [2.24, 2.45) is 0 Å². The molecular weight excluding hydrogens is 785 g/mol. The maximum atomic E-state index is 6.63. The van der Waals surface area contributed by atoms with Crippen molar-refractivity contribution in [3.8, 4) is 45.3 Å². The lowest BCUT2D eigenvalue weighted by Crippen LogP contribution is -2.02. The zero-order valence-corrected chi connectivity index (χ0v) is 34.2. The summed E-state index contributed by atoms with van der Waals surface area (Å²) in [5.74, 6) is 1.44. The number of nitrogens with zero attached hydrogens (tertiary/aromatic N) is 4. The molecule has 298 valence electrons. The number of furan rings is 2. The van der Waals surface area contributed by atoms with Crippen LogP contribution in [0, 0.1) is 0 Å². The van der Waals surface area contributed by atoms with Crippen molar-refractivity contribution >= 4 is 87.5 Å². The maximum Gasteiger partial charge on any atom is 0.162 e. The molecule has 0 bridgehead atoms. The Morgan fingerprint density at radius 1 is 0.297 bits per heavy atom. The predicted octanol–water partition coefficient (Wildman–Crippen LogP) is 15.5. The van der Waals surface area contributed by atoms with Crippen LogP contribution in [0.25, 0.3) is 133 Å². The Bertz CT molecular complexity index is 4120. The zero-order valence-electron chi connectivity index (χ0n) is 34.2. The van der Waals surface area contributed by atoms with Crippen LogP contribution in [0.15, 0.2) is 215 Å². The van der Waals surface area contributed by atoms with Gasteiger partial charge in [0.05, 0.1) is 27.8 Å². The molecule has 5 aromatic heterocycles. The Balaban J connectivity index is 0.995. The van der Waals surface area contributed by atoms with E-state index >= 15 is 0 Å². The summed E-state index contributed by atoms with van der Waals surface area (Å²) in [6.07, 6.45) is 0. The second kappa shape index (κ2) is 13.4. The van der Waals surface area contributed by atoms with Crippen LogP contribution >= 0.6 is 0 Å². The van der Waals surface area contributed by atoms with Gasteiger partial charge in [-0.3, -0.25) is 4.57 Å². The molecule has 0 amide bonds. The molecular formula is C58H34N4O2. The van der Waals surface area contributed by atoms with Crippen molar-refractivity contribution in [2.75, 3.05) is 0 Å². The van der Waals surface area contributed by atoms with E-state index in [1.807, 2.05) is 48.5 Å². The number of fused-ring (bicyclic) bond motifs is 12. The fraction of sp³-hybridized carbons (Fsp3) is 0. The third-order valence-electron chi connectivity index (χ3n) is 12.9. The molecule has 0 aliphatic carbocycles. The fourth-order valence-corrected chi connectivity index (χ4v) is 9.96. The van der Waals surface area contributed by atoms with Crippen molar-refractivity contribution in [3.63, 3.8) is 0 Å². The molecule has 0 radical (unpaired) electrons. The second-order valence-corrected chi connectivity index (χ2v) is 16.6. The second-order valence-electron chi connectivity index (χ2n) is 16.6. The normalized spacial score (nSPS) is 12.1. The molecule has 0 saturated carbocycles. The van der Waals surface area contributed by atoms with Crippen molar-refractivity contribution in [2.45, 2.75) is 0 Å². The van der Waals surface area contributed by atoms with Gasteiger partial charge in [-0.1, -0.05) is 127 Å². The average Bonchev–Trinajstić information content (AvgIpc) is 4.10. The SMILES string of the molecule is c1ccc(-c2cc(-n3c4ccc(-c5ccc6oc7cc8c(cc7c6c5)c5ccccc5n8-c5ccccc5)cc4c4cc5c(cc43)oc3ccccc35)nc(-c3ccccc3)n2)cc1. The molecule has 0 atom stereocenters. The highest BCUT2D eigenvalue weighted by Crippen LogP contribution is 2.43. The molecule has 5 heterocycles. The molecule has 0 saturated heterocycles. The van der Waals surface area contributed by atoms with E-state index in [1.54, 1.807) is 0 Å². The molecule has 0 N–H and O–H groups in total. The van der Waals surface area contributed by atoms with E-state index in [4.69, 9.17) is 18.8 Å². The first-order valence-electron chi connectivity index (χ1n) is 21.6. The lowest BCUT2D eigenvalue weighted by atomic mass is 10.00. The number of para-hydroxylation sites is 3. The molecule has 0 aliphatic heterocycles. The number of rotatable bonds is 5. The Morgan fingerprint density at radius 3 is 1.59 bits per heavy atom. The molecule has 0 aliphatic rings. The molecule has 9 aromatic carbocycles. The van der Waals surface area contributed by atoms with E-state index in [1.165, 1.54) is 16.3 Å². The van der Waals surface area contributed by atoms with Crippen molar-refractivity contribution in [3.05, 3.63) is 206 Å². The standard InChI is InChI=1S/C58H34N4O2/c1-4-14-35(15-5-1)48-32-57(60-58(59-48)36-16-6-2-7-17-36)62-50-26-24-37(28-42(50)44-31-46-41-21-11-13-23-53(41)63-55(46)34-52(44)62)38-25-27-54-45(29-38)47-30-43-40-20-10-12-22-49(40)61(39-18-8-3-9-19-39)51(43)33-56(47)64-54/h1-34H. The first-order valence-corrected chi connectivity index (χ1v) is 21.6. The molecule has 0 unspecified atom stereocenters. The molecule has 0 fully saturated rings. The maximum absolute atomic E-state index is 6.63. The van der Waals surface area contributed by atoms with Crippen LogP contribution in [-0.4, -0.2) is 19.1 Å². The third kappa shape index (κ3) is 5.20. The van der Waals surface area contributed by atoms with E-state index in [-0.39, 0.29) is 0 Å². The molecule has 6 nitrogen and oxygen atoms in total. The lowest BCUT2D eigenvalue weighted by molar-refractivity contribution is 0.669. The smallest absolute Gasteiger partial charge is 0.162 e. The minimum Gasteiger partial charge on any atom is -0.456 e. The summed E-state index contributed by atoms with van der Waals surface area (Å²) < 4.78 is 17.7. The van der Waals surface area contributed by atoms with Gasteiger partial charge in [-0.15, -0.1) is 0 Å². The van der Waals surface area contributed by atoms with E-state index in [2.05, 4.69) is 167 Å². The van der Waals surface area contributed by atoms with Gasteiger partial charge >= 0.3 is 0 Å². The van der Waals surface area contributed by atoms with Gasteiger partial charge in [-0.2, -0.15) is 0 Å². The summed E-state index contributed by atoms with van der Waals surface area (Å²) in [7, 11) is 0. The molecule has 0 spiro atoms. The number of hydrogen-bond donors (Lipinski definition) is 0. The molecule has 14 aromatic rings. The lowest BCUT2D eigenvalue weighted by Gasteiger charge is -2.12. The fourth-order valence-electron chi connectivity index (χ4n) is 9.96. The van der Waals surface area contributed by atoms with E-state index in [0.717, 1.165) is 111 Å². The number of hydrogen-bond acceptors (Lipinski definition) is 4. The largest absolute Gasteiger partial charge is 0.456 e. The van der Waals surface area contributed by atoms with Gasteiger partial charge in [0.1, 0.15) is 28.1 Å². The van der Waals surface area contributed by atoms with Crippen molar-refractivity contribution in [1.82, 2.24) is 19.1 Å². The topological polar surface area (TPSA) is 61.9 Å². The van der Waals surface area contributed by atoms with Gasteiger partial charge in [-0.25, -0.2) is 9.97 Å². The highest BCUT2D eigenvalue weighted by molar-refractivity contribution is 6.19. The molecule has 14 rings (SSSR count). The first kappa shape index (κ1) is 34.9. The van der Waals surface area contributed by atoms with Crippen LogP contribution in [0.2, 0.25) is 0 Å². The quantitative estimate of drug-likeness (QED) is 0.174.